The van der Waals surface area contributed by atoms with Gasteiger partial charge in [-0.25, -0.2) is 0 Å². The average Bonchev–Trinajstić information content (AvgIpc) is 2.13. The molecule has 1 aromatic carbocycles. The monoisotopic (exact) mass is 268 g/mol. The van der Waals surface area contributed by atoms with Crippen molar-refractivity contribution in [2.24, 2.45) is 0 Å². The topological polar surface area (TPSA) is 20.2 Å². The van der Waals surface area contributed by atoms with Crippen molar-refractivity contribution in [1.82, 2.24) is 0 Å². The summed E-state index contributed by atoms with van der Waals surface area (Å²) >= 11 is 5.89. The lowest BCUT2D eigenvalue weighted by atomic mass is 9.93. The molecule has 0 radical (unpaired) electrons. The SMILES string of the molecule is CC(C)(O)/C(=C/[Si](C)(C)C)c1ccc(Cl)cc1. The average molecular weight is 269 g/mol. The van der Waals surface area contributed by atoms with Crippen molar-refractivity contribution in [2.45, 2.75) is 39.1 Å². The molecule has 0 spiro atoms. The molecule has 0 saturated carbocycles. The standard InChI is InChI=1S/C14H21ClOSi/c1-14(2,16)13(10-17(3,4)5)11-6-8-12(15)9-7-11/h6-10,16H,1-5H3/b13-10+. The van der Waals surface area contributed by atoms with Crippen molar-refractivity contribution in [3.63, 3.8) is 0 Å². The Kier molecular flexibility index (Phi) is 4.23. The van der Waals surface area contributed by atoms with E-state index in [4.69, 9.17) is 11.6 Å². The van der Waals surface area contributed by atoms with Crippen LogP contribution in [0.15, 0.2) is 30.0 Å². The predicted molar refractivity (Wildman–Crippen MR) is 79.1 cm³/mol. The molecule has 0 aliphatic carbocycles. The van der Waals surface area contributed by atoms with Gasteiger partial charge in [-0.1, -0.05) is 49.1 Å². The lowest BCUT2D eigenvalue weighted by Gasteiger charge is -2.25. The van der Waals surface area contributed by atoms with E-state index in [0.717, 1.165) is 16.2 Å². The molecule has 0 aliphatic rings. The number of halogens is 1. The normalized spacial score (nSPS) is 13.9. The molecule has 0 heterocycles. The first kappa shape index (κ1) is 14.5. The fourth-order valence-electron chi connectivity index (χ4n) is 1.68. The van der Waals surface area contributed by atoms with Crippen LogP contribution in [0.1, 0.15) is 19.4 Å². The van der Waals surface area contributed by atoms with Crippen LogP contribution >= 0.6 is 11.6 Å². The molecule has 0 atom stereocenters. The Bertz CT molecular complexity index is 407. The Morgan fingerprint density at radius 2 is 1.65 bits per heavy atom. The first-order valence-corrected chi connectivity index (χ1v) is 9.77. The molecule has 94 valence electrons. The van der Waals surface area contributed by atoms with Gasteiger partial charge in [0.05, 0.1) is 13.7 Å². The molecular weight excluding hydrogens is 248 g/mol. The van der Waals surface area contributed by atoms with Crippen LogP contribution in [0, 0.1) is 0 Å². The van der Waals surface area contributed by atoms with Gasteiger partial charge in [0.15, 0.2) is 0 Å². The van der Waals surface area contributed by atoms with Gasteiger partial charge < -0.3 is 5.11 Å². The quantitative estimate of drug-likeness (QED) is 0.807. The zero-order valence-electron chi connectivity index (χ0n) is 11.2. The molecule has 0 fully saturated rings. The second-order valence-electron chi connectivity index (χ2n) is 5.99. The van der Waals surface area contributed by atoms with Crippen LogP contribution < -0.4 is 0 Å². The summed E-state index contributed by atoms with van der Waals surface area (Å²) in [5, 5.41) is 11.0. The van der Waals surface area contributed by atoms with Gasteiger partial charge in [0, 0.05) is 5.02 Å². The van der Waals surface area contributed by atoms with Crippen LogP contribution in [0.4, 0.5) is 0 Å². The molecule has 0 saturated heterocycles. The number of benzene rings is 1. The molecule has 1 N–H and O–H groups in total. The van der Waals surface area contributed by atoms with E-state index >= 15 is 0 Å². The summed E-state index contributed by atoms with van der Waals surface area (Å²) in [5.74, 6) is 0. The highest BCUT2D eigenvalue weighted by atomic mass is 35.5. The summed E-state index contributed by atoms with van der Waals surface area (Å²) in [5.41, 5.74) is 3.46. The van der Waals surface area contributed by atoms with E-state index < -0.39 is 13.7 Å². The van der Waals surface area contributed by atoms with Gasteiger partial charge in [-0.05, 0) is 37.1 Å². The molecule has 0 aromatic heterocycles. The number of aliphatic hydroxyl groups is 1. The van der Waals surface area contributed by atoms with E-state index in [9.17, 15) is 5.11 Å². The molecule has 0 aliphatic heterocycles. The van der Waals surface area contributed by atoms with E-state index in [0.29, 0.717) is 0 Å². The van der Waals surface area contributed by atoms with Crippen molar-refractivity contribution in [2.75, 3.05) is 0 Å². The second kappa shape index (κ2) is 4.97. The van der Waals surface area contributed by atoms with E-state index in [-0.39, 0.29) is 0 Å². The highest BCUT2D eigenvalue weighted by Crippen LogP contribution is 2.29. The molecule has 1 nitrogen and oxygen atoms in total. The highest BCUT2D eigenvalue weighted by Gasteiger charge is 2.23. The van der Waals surface area contributed by atoms with Crippen LogP contribution in [0.25, 0.3) is 5.57 Å². The third-order valence-electron chi connectivity index (χ3n) is 2.39. The third kappa shape index (κ3) is 4.66. The molecule has 0 bridgehead atoms. The Labute approximate surface area is 110 Å². The number of hydrogen-bond donors (Lipinski definition) is 1. The lowest BCUT2D eigenvalue weighted by molar-refractivity contribution is 0.144. The van der Waals surface area contributed by atoms with Crippen molar-refractivity contribution >= 4 is 25.2 Å². The molecule has 1 rings (SSSR count). The molecule has 17 heavy (non-hydrogen) atoms. The second-order valence-corrected chi connectivity index (χ2v) is 11.4. The number of hydrogen-bond acceptors (Lipinski definition) is 1. The number of rotatable bonds is 3. The summed E-state index contributed by atoms with van der Waals surface area (Å²) in [6, 6.07) is 7.65. The zero-order chi connectivity index (χ0) is 13.3. The van der Waals surface area contributed by atoms with Crippen molar-refractivity contribution < 1.29 is 5.11 Å². The van der Waals surface area contributed by atoms with Gasteiger partial charge in [0.1, 0.15) is 0 Å². The van der Waals surface area contributed by atoms with Crippen LogP contribution in [0.5, 0.6) is 0 Å². The fourth-order valence-corrected chi connectivity index (χ4v) is 3.19. The summed E-state index contributed by atoms with van der Waals surface area (Å²) < 4.78 is 0. The summed E-state index contributed by atoms with van der Waals surface area (Å²) in [4.78, 5) is 0. The minimum absolute atomic E-state index is 0.719. The molecule has 1 aromatic rings. The van der Waals surface area contributed by atoms with Gasteiger partial charge in [0.25, 0.3) is 0 Å². The van der Waals surface area contributed by atoms with Gasteiger partial charge in [-0.2, -0.15) is 0 Å². The Morgan fingerprint density at radius 1 is 1.18 bits per heavy atom. The van der Waals surface area contributed by atoms with Gasteiger partial charge in [-0.15, -0.1) is 0 Å². The van der Waals surface area contributed by atoms with Crippen LogP contribution in [-0.4, -0.2) is 18.8 Å². The smallest absolute Gasteiger partial charge is 0.0839 e. The van der Waals surface area contributed by atoms with Crippen molar-refractivity contribution in [3.8, 4) is 0 Å². The first-order valence-electron chi connectivity index (χ1n) is 5.81. The van der Waals surface area contributed by atoms with Crippen molar-refractivity contribution in [3.05, 3.63) is 40.6 Å². The Hall–Kier alpha value is -0.573. The maximum absolute atomic E-state index is 10.3. The zero-order valence-corrected chi connectivity index (χ0v) is 13.0. The predicted octanol–water partition coefficient (Wildman–Crippen LogP) is 4.37. The van der Waals surface area contributed by atoms with E-state index in [1.807, 2.05) is 38.1 Å². The highest BCUT2D eigenvalue weighted by molar-refractivity contribution is 6.81. The maximum Gasteiger partial charge on any atom is 0.0839 e. The van der Waals surface area contributed by atoms with E-state index in [2.05, 4.69) is 25.3 Å². The van der Waals surface area contributed by atoms with E-state index in [1.54, 1.807) is 0 Å². The molecule has 3 heteroatoms. The minimum atomic E-state index is -1.38. The van der Waals surface area contributed by atoms with Crippen LogP contribution in [0.3, 0.4) is 0 Å². The molecule has 0 amide bonds. The third-order valence-corrected chi connectivity index (χ3v) is 3.80. The summed E-state index contributed by atoms with van der Waals surface area (Å²) in [6.45, 7) is 10.4. The Balaban J connectivity index is 3.26. The van der Waals surface area contributed by atoms with Crippen molar-refractivity contribution in [1.29, 1.82) is 0 Å². The fraction of sp³-hybridized carbons (Fsp3) is 0.429. The Morgan fingerprint density at radius 3 is 2.00 bits per heavy atom. The molecule has 0 unspecified atom stereocenters. The van der Waals surface area contributed by atoms with Crippen LogP contribution in [-0.2, 0) is 0 Å². The largest absolute Gasteiger partial charge is 0.386 e. The molecular formula is C14H21ClOSi. The maximum atomic E-state index is 10.3. The summed E-state index contributed by atoms with van der Waals surface area (Å²) in [7, 11) is -1.38. The summed E-state index contributed by atoms with van der Waals surface area (Å²) in [6.07, 6.45) is 0. The van der Waals surface area contributed by atoms with Gasteiger partial charge in [0.2, 0.25) is 0 Å². The van der Waals surface area contributed by atoms with Gasteiger partial charge >= 0.3 is 0 Å². The van der Waals surface area contributed by atoms with Gasteiger partial charge in [-0.3, -0.25) is 0 Å². The van der Waals surface area contributed by atoms with Crippen LogP contribution in [0.2, 0.25) is 24.7 Å². The first-order chi connectivity index (χ1) is 7.59. The lowest BCUT2D eigenvalue weighted by Crippen LogP contribution is -2.26. The van der Waals surface area contributed by atoms with E-state index in [1.165, 1.54) is 0 Å². The minimum Gasteiger partial charge on any atom is -0.386 e.